The number of carbonyl (C=O) groups is 2. The van der Waals surface area contributed by atoms with Crippen molar-refractivity contribution in [2.45, 2.75) is 13.0 Å². The van der Waals surface area contributed by atoms with Gasteiger partial charge in [-0.25, -0.2) is 4.68 Å². The third-order valence-electron chi connectivity index (χ3n) is 3.82. The molecule has 0 radical (unpaired) electrons. The Balaban J connectivity index is 1.85. The van der Waals surface area contributed by atoms with Crippen molar-refractivity contribution >= 4 is 27.7 Å². The monoisotopic (exact) mass is 393 g/mol. The quantitative estimate of drug-likeness (QED) is 0.824. The highest BCUT2D eigenvalue weighted by molar-refractivity contribution is 9.10. The van der Waals surface area contributed by atoms with Gasteiger partial charge in [0, 0.05) is 11.0 Å². The van der Waals surface area contributed by atoms with Crippen LogP contribution in [0.15, 0.2) is 28.7 Å². The van der Waals surface area contributed by atoms with E-state index in [0.29, 0.717) is 12.2 Å². The summed E-state index contributed by atoms with van der Waals surface area (Å²) in [5.41, 5.74) is 6.93. The fourth-order valence-corrected chi connectivity index (χ4v) is 2.92. The molecule has 9 heteroatoms. The van der Waals surface area contributed by atoms with Gasteiger partial charge in [0.2, 0.25) is 5.91 Å². The van der Waals surface area contributed by atoms with Gasteiger partial charge < -0.3 is 15.4 Å². The summed E-state index contributed by atoms with van der Waals surface area (Å²) in [4.78, 5) is 25.5. The molecule has 2 amide bonds. The topological polar surface area (TPSA) is 103 Å². The molecule has 2 N–H and O–H groups in total. The molecule has 8 nitrogen and oxygen atoms in total. The van der Waals surface area contributed by atoms with Crippen molar-refractivity contribution in [1.29, 1.82) is 0 Å². The predicted octanol–water partition coefficient (Wildman–Crippen LogP) is 0.665. The van der Waals surface area contributed by atoms with Crippen LogP contribution in [0.3, 0.4) is 0 Å². The van der Waals surface area contributed by atoms with E-state index in [1.165, 1.54) is 4.90 Å². The lowest BCUT2D eigenvalue weighted by Gasteiger charge is -2.30. The first-order chi connectivity index (χ1) is 11.5. The number of morpholine rings is 1. The van der Waals surface area contributed by atoms with Gasteiger partial charge in [0.15, 0.2) is 11.8 Å². The standard InChI is InChI=1S/C15H16BrN5O3/c1-9-13(15(23)20-5-6-24-12(8-20)14(17)22)18-19-21(9)11-4-2-3-10(16)7-11/h2-4,7,12H,5-6,8H2,1H3,(H2,17,22). The Labute approximate surface area is 146 Å². The molecule has 0 saturated carbocycles. The smallest absolute Gasteiger partial charge is 0.276 e. The van der Waals surface area contributed by atoms with Gasteiger partial charge in [-0.1, -0.05) is 27.2 Å². The summed E-state index contributed by atoms with van der Waals surface area (Å²) in [5, 5.41) is 8.09. The number of nitrogens with two attached hydrogens (primary N) is 1. The maximum Gasteiger partial charge on any atom is 0.276 e. The molecule has 1 aliphatic heterocycles. The van der Waals surface area contributed by atoms with E-state index in [1.807, 2.05) is 24.3 Å². The summed E-state index contributed by atoms with van der Waals surface area (Å²) in [6, 6.07) is 7.54. The molecule has 1 fully saturated rings. The number of ether oxygens (including phenoxy) is 1. The molecule has 126 valence electrons. The second-order valence-corrected chi connectivity index (χ2v) is 6.34. The second-order valence-electron chi connectivity index (χ2n) is 5.43. The molecule has 2 heterocycles. The zero-order chi connectivity index (χ0) is 17.3. The molecule has 0 aliphatic carbocycles. The third-order valence-corrected chi connectivity index (χ3v) is 4.31. The van der Waals surface area contributed by atoms with Crippen molar-refractivity contribution in [2.24, 2.45) is 5.73 Å². The van der Waals surface area contributed by atoms with Crippen molar-refractivity contribution in [3.8, 4) is 5.69 Å². The zero-order valence-corrected chi connectivity index (χ0v) is 14.6. The van der Waals surface area contributed by atoms with E-state index in [0.717, 1.165) is 10.2 Å². The molecule has 3 rings (SSSR count). The van der Waals surface area contributed by atoms with E-state index in [9.17, 15) is 9.59 Å². The van der Waals surface area contributed by atoms with Crippen LogP contribution >= 0.6 is 15.9 Å². The molecule has 2 aromatic rings. The predicted molar refractivity (Wildman–Crippen MR) is 88.6 cm³/mol. The van der Waals surface area contributed by atoms with Gasteiger partial charge in [-0.3, -0.25) is 9.59 Å². The molecular formula is C15H16BrN5O3. The minimum absolute atomic E-state index is 0.122. The lowest BCUT2D eigenvalue weighted by atomic mass is 10.2. The molecule has 1 aliphatic rings. The third kappa shape index (κ3) is 3.17. The van der Waals surface area contributed by atoms with Crippen LogP contribution in [0.2, 0.25) is 0 Å². The van der Waals surface area contributed by atoms with Crippen LogP contribution in [0, 0.1) is 6.92 Å². The minimum Gasteiger partial charge on any atom is -0.367 e. The number of primary amides is 1. The number of hydrogen-bond acceptors (Lipinski definition) is 5. The molecule has 0 spiro atoms. The number of nitrogens with zero attached hydrogens (tertiary/aromatic N) is 4. The molecule has 1 saturated heterocycles. The Hall–Kier alpha value is -2.26. The van der Waals surface area contributed by atoms with E-state index < -0.39 is 12.0 Å². The number of rotatable bonds is 3. The van der Waals surface area contributed by atoms with Crippen molar-refractivity contribution in [3.63, 3.8) is 0 Å². The van der Waals surface area contributed by atoms with Crippen LogP contribution in [-0.2, 0) is 9.53 Å². The van der Waals surface area contributed by atoms with E-state index in [-0.39, 0.29) is 24.8 Å². The van der Waals surface area contributed by atoms with Crippen molar-refractivity contribution in [2.75, 3.05) is 19.7 Å². The van der Waals surface area contributed by atoms with Gasteiger partial charge in [0.25, 0.3) is 5.91 Å². The second kappa shape index (κ2) is 6.70. The highest BCUT2D eigenvalue weighted by Crippen LogP contribution is 2.18. The van der Waals surface area contributed by atoms with Crippen LogP contribution < -0.4 is 5.73 Å². The van der Waals surface area contributed by atoms with Crippen LogP contribution in [0.5, 0.6) is 0 Å². The molecule has 1 aromatic carbocycles. The first-order valence-electron chi connectivity index (χ1n) is 7.36. The first kappa shape index (κ1) is 16.6. The first-order valence-corrected chi connectivity index (χ1v) is 8.15. The number of aromatic nitrogens is 3. The number of halogens is 1. The normalized spacial score (nSPS) is 17.8. The van der Waals surface area contributed by atoms with Crippen molar-refractivity contribution in [1.82, 2.24) is 19.9 Å². The van der Waals surface area contributed by atoms with Crippen LogP contribution in [-0.4, -0.2) is 57.5 Å². The molecule has 0 bridgehead atoms. The molecule has 24 heavy (non-hydrogen) atoms. The van der Waals surface area contributed by atoms with Crippen LogP contribution in [0.4, 0.5) is 0 Å². The van der Waals surface area contributed by atoms with E-state index >= 15 is 0 Å². The summed E-state index contributed by atoms with van der Waals surface area (Å²) in [7, 11) is 0. The van der Waals surface area contributed by atoms with Gasteiger partial charge in [-0.2, -0.15) is 0 Å². The van der Waals surface area contributed by atoms with Crippen LogP contribution in [0.1, 0.15) is 16.2 Å². The number of hydrogen-bond donors (Lipinski definition) is 1. The summed E-state index contributed by atoms with van der Waals surface area (Å²) >= 11 is 3.41. The van der Waals surface area contributed by atoms with E-state index in [4.69, 9.17) is 10.5 Å². The maximum atomic E-state index is 12.7. The molecular weight excluding hydrogens is 378 g/mol. The highest BCUT2D eigenvalue weighted by atomic mass is 79.9. The summed E-state index contributed by atoms with van der Waals surface area (Å²) in [6.07, 6.45) is -0.789. The van der Waals surface area contributed by atoms with Gasteiger partial charge in [0.05, 0.1) is 24.5 Å². The SMILES string of the molecule is Cc1c(C(=O)N2CCOC(C(N)=O)C2)nnn1-c1cccc(Br)c1. The fourth-order valence-electron chi connectivity index (χ4n) is 2.54. The Bertz CT molecular complexity index is 791. The average Bonchev–Trinajstić information content (AvgIpc) is 2.96. The van der Waals surface area contributed by atoms with Gasteiger partial charge in [-0.15, -0.1) is 5.10 Å². The Kier molecular flexibility index (Phi) is 4.63. The van der Waals surface area contributed by atoms with Gasteiger partial charge in [-0.05, 0) is 25.1 Å². The average molecular weight is 394 g/mol. The van der Waals surface area contributed by atoms with Gasteiger partial charge in [0.1, 0.15) is 0 Å². The van der Waals surface area contributed by atoms with Crippen LogP contribution in [0.25, 0.3) is 5.69 Å². The fraction of sp³-hybridized carbons (Fsp3) is 0.333. The lowest BCUT2D eigenvalue weighted by Crippen LogP contribution is -2.50. The summed E-state index contributed by atoms with van der Waals surface area (Å²) < 4.78 is 7.76. The number of benzene rings is 1. The summed E-state index contributed by atoms with van der Waals surface area (Å²) in [5.74, 6) is -0.870. The largest absolute Gasteiger partial charge is 0.367 e. The lowest BCUT2D eigenvalue weighted by molar-refractivity contribution is -0.133. The number of carbonyl (C=O) groups excluding carboxylic acids is 2. The Morgan fingerprint density at radius 2 is 2.21 bits per heavy atom. The van der Waals surface area contributed by atoms with Crippen molar-refractivity contribution < 1.29 is 14.3 Å². The molecule has 1 unspecified atom stereocenters. The van der Waals surface area contributed by atoms with E-state index in [1.54, 1.807) is 11.6 Å². The van der Waals surface area contributed by atoms with Gasteiger partial charge >= 0.3 is 0 Å². The zero-order valence-electron chi connectivity index (χ0n) is 13.0. The molecule has 1 atom stereocenters. The van der Waals surface area contributed by atoms with Crippen molar-refractivity contribution in [3.05, 3.63) is 40.1 Å². The van der Waals surface area contributed by atoms with E-state index in [2.05, 4.69) is 26.2 Å². The maximum absolute atomic E-state index is 12.7. The molecule has 1 aromatic heterocycles. The Morgan fingerprint density at radius 1 is 1.42 bits per heavy atom. The summed E-state index contributed by atoms with van der Waals surface area (Å²) in [6.45, 7) is 2.54. The number of amides is 2. The minimum atomic E-state index is -0.789. The Morgan fingerprint density at radius 3 is 2.92 bits per heavy atom. The highest BCUT2D eigenvalue weighted by Gasteiger charge is 2.30.